The number of benzene rings is 2. The van der Waals surface area contributed by atoms with Crippen molar-refractivity contribution in [1.82, 2.24) is 4.98 Å². The van der Waals surface area contributed by atoms with Gasteiger partial charge in [0.05, 0.1) is 23.9 Å². The zero-order valence-corrected chi connectivity index (χ0v) is 15.6. The average Bonchev–Trinajstić information content (AvgIpc) is 2.70. The third-order valence-electron chi connectivity index (χ3n) is 4.45. The Morgan fingerprint density at radius 3 is 2.44 bits per heavy atom. The number of Topliss-reactive ketones (excluding diaryl/α,β-unsaturated/α-hetero) is 1. The smallest absolute Gasteiger partial charge is 0.340 e. The van der Waals surface area contributed by atoms with E-state index in [4.69, 9.17) is 9.47 Å². The van der Waals surface area contributed by atoms with Crippen molar-refractivity contribution in [2.45, 2.75) is 20.3 Å². The van der Waals surface area contributed by atoms with Crippen LogP contribution in [0.5, 0.6) is 5.75 Å². The number of rotatable bonds is 6. The summed E-state index contributed by atoms with van der Waals surface area (Å²) in [7, 11) is 1.58. The molecular formula is C22H21NO4. The van der Waals surface area contributed by atoms with E-state index in [1.165, 1.54) is 0 Å². The molecule has 0 atom stereocenters. The van der Waals surface area contributed by atoms with Crippen LogP contribution in [0, 0.1) is 6.92 Å². The van der Waals surface area contributed by atoms with Crippen molar-refractivity contribution in [1.29, 1.82) is 0 Å². The number of nitrogens with zero attached hydrogens (tertiary/aromatic N) is 1. The molecular weight excluding hydrogens is 342 g/mol. The second kappa shape index (κ2) is 7.99. The molecule has 2 aromatic carbocycles. The molecule has 1 aromatic heterocycles. The molecule has 5 heteroatoms. The van der Waals surface area contributed by atoms with Gasteiger partial charge in [-0.1, -0.05) is 31.2 Å². The summed E-state index contributed by atoms with van der Waals surface area (Å²) in [5, 5.41) is 0.772. The Kier molecular flexibility index (Phi) is 5.50. The molecule has 0 saturated heterocycles. The topological polar surface area (TPSA) is 65.5 Å². The molecule has 0 radical (unpaired) electrons. The van der Waals surface area contributed by atoms with Crippen molar-refractivity contribution in [3.05, 3.63) is 70.9 Å². The molecule has 0 aliphatic carbocycles. The molecule has 0 N–H and O–H groups in total. The first kappa shape index (κ1) is 18.6. The molecule has 3 rings (SSSR count). The Labute approximate surface area is 157 Å². The average molecular weight is 363 g/mol. The van der Waals surface area contributed by atoms with Crippen molar-refractivity contribution in [2.75, 3.05) is 13.7 Å². The Morgan fingerprint density at radius 2 is 1.78 bits per heavy atom. The fourth-order valence-corrected chi connectivity index (χ4v) is 2.80. The largest absolute Gasteiger partial charge is 0.497 e. The number of carbonyl (C=O) groups is 2. The highest BCUT2D eigenvalue weighted by atomic mass is 16.5. The van der Waals surface area contributed by atoms with Crippen molar-refractivity contribution in [3.63, 3.8) is 0 Å². The lowest BCUT2D eigenvalue weighted by Gasteiger charge is -2.09. The first-order chi connectivity index (χ1) is 13.0. The molecule has 1 heterocycles. The molecule has 0 aliphatic heterocycles. The summed E-state index contributed by atoms with van der Waals surface area (Å²) < 4.78 is 10.4. The third-order valence-corrected chi connectivity index (χ3v) is 4.45. The molecule has 0 saturated carbocycles. The predicted octanol–water partition coefficient (Wildman–Crippen LogP) is 4.15. The van der Waals surface area contributed by atoms with Gasteiger partial charge in [0.25, 0.3) is 0 Å². The van der Waals surface area contributed by atoms with E-state index in [0.29, 0.717) is 22.6 Å². The Morgan fingerprint density at radius 1 is 1.04 bits per heavy atom. The van der Waals surface area contributed by atoms with E-state index in [2.05, 4.69) is 4.98 Å². The van der Waals surface area contributed by atoms with Crippen LogP contribution in [0.3, 0.4) is 0 Å². The quantitative estimate of drug-likeness (QED) is 0.486. The fourth-order valence-electron chi connectivity index (χ4n) is 2.80. The van der Waals surface area contributed by atoms with Gasteiger partial charge in [-0.2, -0.15) is 0 Å². The first-order valence-electron chi connectivity index (χ1n) is 8.76. The lowest BCUT2D eigenvalue weighted by molar-refractivity contribution is 0.0473. The minimum Gasteiger partial charge on any atom is -0.497 e. The minimum absolute atomic E-state index is 0.237. The van der Waals surface area contributed by atoms with Gasteiger partial charge in [0.1, 0.15) is 5.75 Å². The van der Waals surface area contributed by atoms with Gasteiger partial charge in [0, 0.05) is 10.9 Å². The van der Waals surface area contributed by atoms with Crippen molar-refractivity contribution >= 4 is 22.7 Å². The fraction of sp³-hybridized carbons (Fsp3) is 0.227. The number of hydrogen-bond acceptors (Lipinski definition) is 5. The number of aromatic nitrogens is 1. The normalized spacial score (nSPS) is 10.6. The highest BCUT2D eigenvalue weighted by molar-refractivity contribution is 6.00. The number of aryl methyl sites for hydroxylation is 2. The molecule has 5 nitrogen and oxygen atoms in total. The van der Waals surface area contributed by atoms with Gasteiger partial charge in [0.2, 0.25) is 0 Å². The van der Waals surface area contributed by atoms with Gasteiger partial charge >= 0.3 is 5.97 Å². The van der Waals surface area contributed by atoms with Crippen LogP contribution in [0.2, 0.25) is 0 Å². The number of fused-ring (bicyclic) bond motifs is 1. The van der Waals surface area contributed by atoms with Crippen LogP contribution < -0.4 is 4.74 Å². The van der Waals surface area contributed by atoms with E-state index in [0.717, 1.165) is 22.9 Å². The third kappa shape index (κ3) is 4.14. The molecule has 0 unspecified atom stereocenters. The first-order valence-corrected chi connectivity index (χ1v) is 8.76. The van der Waals surface area contributed by atoms with Crippen LogP contribution in [-0.2, 0) is 11.2 Å². The van der Waals surface area contributed by atoms with E-state index in [-0.39, 0.29) is 12.4 Å². The maximum atomic E-state index is 12.5. The van der Waals surface area contributed by atoms with Crippen molar-refractivity contribution in [2.24, 2.45) is 0 Å². The molecule has 0 bridgehead atoms. The molecule has 138 valence electrons. The van der Waals surface area contributed by atoms with Crippen molar-refractivity contribution in [3.8, 4) is 5.75 Å². The van der Waals surface area contributed by atoms with Gasteiger partial charge in [-0.15, -0.1) is 0 Å². The summed E-state index contributed by atoms with van der Waals surface area (Å²) in [6, 6.07) is 14.5. The number of hydrogen-bond donors (Lipinski definition) is 0. The zero-order valence-electron chi connectivity index (χ0n) is 15.6. The van der Waals surface area contributed by atoms with Gasteiger partial charge in [-0.25, -0.2) is 4.79 Å². The van der Waals surface area contributed by atoms with Crippen LogP contribution >= 0.6 is 0 Å². The van der Waals surface area contributed by atoms with E-state index in [9.17, 15) is 9.59 Å². The van der Waals surface area contributed by atoms with Gasteiger partial charge in [-0.05, 0) is 43.2 Å². The van der Waals surface area contributed by atoms with Gasteiger partial charge in [-0.3, -0.25) is 9.78 Å². The lowest BCUT2D eigenvalue weighted by atomic mass is 10.1. The van der Waals surface area contributed by atoms with Gasteiger partial charge in [0.15, 0.2) is 12.4 Å². The Hall–Kier alpha value is -3.21. The summed E-state index contributed by atoms with van der Waals surface area (Å²) in [5.74, 6) is -0.125. The van der Waals surface area contributed by atoms with Crippen LogP contribution in [-0.4, -0.2) is 30.5 Å². The maximum Gasteiger partial charge on any atom is 0.340 e. The van der Waals surface area contributed by atoms with Crippen LogP contribution in [0.1, 0.15) is 38.9 Å². The number of ether oxygens (including phenoxy) is 2. The highest BCUT2D eigenvalue weighted by Crippen LogP contribution is 2.22. The highest BCUT2D eigenvalue weighted by Gasteiger charge is 2.16. The van der Waals surface area contributed by atoms with E-state index >= 15 is 0 Å². The van der Waals surface area contributed by atoms with Crippen LogP contribution in [0.15, 0.2) is 48.5 Å². The van der Waals surface area contributed by atoms with E-state index in [1.807, 2.05) is 31.2 Å². The number of esters is 1. The molecule has 0 amide bonds. The van der Waals surface area contributed by atoms with Crippen LogP contribution in [0.4, 0.5) is 0 Å². The molecule has 3 aromatic rings. The van der Waals surface area contributed by atoms with E-state index < -0.39 is 5.97 Å². The summed E-state index contributed by atoms with van der Waals surface area (Å²) in [6.45, 7) is 3.49. The number of pyridine rings is 1. The maximum absolute atomic E-state index is 12.5. The number of ketones is 1. The summed E-state index contributed by atoms with van der Waals surface area (Å²) in [4.78, 5) is 29.1. The molecule has 27 heavy (non-hydrogen) atoms. The summed E-state index contributed by atoms with van der Waals surface area (Å²) >= 11 is 0. The molecule has 0 fully saturated rings. The second-order valence-electron chi connectivity index (χ2n) is 6.23. The Bertz CT molecular complexity index is 993. The second-order valence-corrected chi connectivity index (χ2v) is 6.23. The Balaban J connectivity index is 1.74. The SMILES string of the molecule is CCc1ccc(C(=O)COC(=O)c2cc3cc(OC)ccc3nc2C)cc1. The summed E-state index contributed by atoms with van der Waals surface area (Å²) in [6.07, 6.45) is 0.905. The van der Waals surface area contributed by atoms with Crippen LogP contribution in [0.25, 0.3) is 10.9 Å². The monoisotopic (exact) mass is 363 g/mol. The van der Waals surface area contributed by atoms with E-state index in [1.54, 1.807) is 38.3 Å². The van der Waals surface area contributed by atoms with Gasteiger partial charge < -0.3 is 9.47 Å². The number of carbonyl (C=O) groups excluding carboxylic acids is 2. The standard InChI is InChI=1S/C22H21NO4/c1-4-15-5-7-16(8-6-15)21(24)13-27-22(25)19-12-17-11-18(26-3)9-10-20(17)23-14(19)2/h5-12H,4,13H2,1-3H3. The lowest BCUT2D eigenvalue weighted by Crippen LogP contribution is -2.15. The zero-order chi connectivity index (χ0) is 19.4. The number of methoxy groups -OCH3 is 1. The minimum atomic E-state index is -0.566. The predicted molar refractivity (Wildman–Crippen MR) is 103 cm³/mol. The molecule has 0 spiro atoms. The summed E-state index contributed by atoms with van der Waals surface area (Å²) in [5.41, 5.74) is 3.33. The van der Waals surface area contributed by atoms with Crippen molar-refractivity contribution < 1.29 is 19.1 Å². The molecule has 0 aliphatic rings.